The molecule has 0 heterocycles. The molecular weight excluding hydrogens is 246 g/mol. The molecule has 0 saturated carbocycles. The molecule has 92 valence electrons. The van der Waals surface area contributed by atoms with Crippen LogP contribution in [-0.4, -0.2) is 12.3 Å². The maximum absolute atomic E-state index is 11.9. The Bertz CT molecular complexity index is 549. The Morgan fingerprint density at radius 2 is 1.89 bits per heavy atom. The van der Waals surface area contributed by atoms with Gasteiger partial charge in [0, 0.05) is 16.3 Å². The van der Waals surface area contributed by atoms with Gasteiger partial charge in [-0.1, -0.05) is 41.4 Å². The quantitative estimate of drug-likeness (QED) is 0.843. The van der Waals surface area contributed by atoms with Gasteiger partial charge in [0.15, 0.2) is 5.78 Å². The molecule has 0 aliphatic carbocycles. The average molecular weight is 260 g/mol. The number of carbonyl (C=O) groups is 1. The zero-order valence-electron chi connectivity index (χ0n) is 10.1. The van der Waals surface area contributed by atoms with Crippen LogP contribution in [0.3, 0.4) is 0 Å². The minimum atomic E-state index is 0.0260. The number of carbonyl (C=O) groups excluding carboxylic acids is 1. The predicted molar refractivity (Wildman–Crippen MR) is 75.5 cm³/mol. The molecule has 0 amide bonds. The summed E-state index contributed by atoms with van der Waals surface area (Å²) in [6, 6.07) is 14.9. The molecule has 0 aliphatic heterocycles. The highest BCUT2D eigenvalue weighted by Gasteiger charge is 2.05. The number of aryl methyl sites for hydroxylation is 1. The van der Waals surface area contributed by atoms with Gasteiger partial charge in [0.1, 0.15) is 0 Å². The van der Waals surface area contributed by atoms with Crippen LogP contribution in [0.5, 0.6) is 0 Å². The number of Topliss-reactive ketones (excluding diaryl/α,β-unsaturated/α-hetero) is 1. The third-order valence-corrected chi connectivity index (χ3v) is 2.89. The van der Waals surface area contributed by atoms with E-state index in [1.54, 1.807) is 24.3 Å². The first kappa shape index (κ1) is 12.7. The zero-order chi connectivity index (χ0) is 13.0. The summed E-state index contributed by atoms with van der Waals surface area (Å²) in [7, 11) is 0. The smallest absolute Gasteiger partial charge is 0.181 e. The van der Waals surface area contributed by atoms with Crippen molar-refractivity contribution in [1.82, 2.24) is 0 Å². The van der Waals surface area contributed by atoms with Crippen molar-refractivity contribution in [2.45, 2.75) is 6.92 Å². The summed E-state index contributed by atoms with van der Waals surface area (Å²) in [6.45, 7) is 2.30. The summed E-state index contributed by atoms with van der Waals surface area (Å²) in [5.41, 5.74) is 2.76. The average Bonchev–Trinajstić information content (AvgIpc) is 2.38. The van der Waals surface area contributed by atoms with Crippen LogP contribution in [0.1, 0.15) is 15.9 Å². The van der Waals surface area contributed by atoms with Crippen molar-refractivity contribution in [2.24, 2.45) is 0 Å². The van der Waals surface area contributed by atoms with Crippen LogP contribution < -0.4 is 5.32 Å². The summed E-state index contributed by atoms with van der Waals surface area (Å²) in [4.78, 5) is 11.9. The first-order valence-corrected chi connectivity index (χ1v) is 6.12. The Morgan fingerprint density at radius 3 is 2.56 bits per heavy atom. The van der Waals surface area contributed by atoms with Crippen molar-refractivity contribution in [1.29, 1.82) is 0 Å². The van der Waals surface area contributed by atoms with Gasteiger partial charge < -0.3 is 5.32 Å². The number of ketones is 1. The fourth-order valence-electron chi connectivity index (χ4n) is 1.62. The topological polar surface area (TPSA) is 29.1 Å². The lowest BCUT2D eigenvalue weighted by atomic mass is 10.1. The number of hydrogen-bond acceptors (Lipinski definition) is 2. The van der Waals surface area contributed by atoms with Crippen molar-refractivity contribution in [3.05, 3.63) is 64.7 Å². The van der Waals surface area contributed by atoms with E-state index in [1.807, 2.05) is 31.2 Å². The standard InChI is InChI=1S/C15H14ClNO/c1-11-5-7-14(8-6-11)17-10-15(18)12-3-2-4-13(16)9-12/h2-9,17H,10H2,1H3. The van der Waals surface area contributed by atoms with Crippen LogP contribution in [0.25, 0.3) is 0 Å². The van der Waals surface area contributed by atoms with Crippen molar-refractivity contribution >= 4 is 23.1 Å². The van der Waals surface area contributed by atoms with Crippen LogP contribution in [0.15, 0.2) is 48.5 Å². The molecule has 2 nitrogen and oxygen atoms in total. The molecule has 0 unspecified atom stereocenters. The lowest BCUT2D eigenvalue weighted by molar-refractivity contribution is 0.101. The third kappa shape index (κ3) is 3.34. The highest BCUT2D eigenvalue weighted by molar-refractivity contribution is 6.31. The largest absolute Gasteiger partial charge is 0.378 e. The van der Waals surface area contributed by atoms with E-state index in [0.717, 1.165) is 5.69 Å². The molecule has 2 aromatic rings. The van der Waals surface area contributed by atoms with Gasteiger partial charge in [0.05, 0.1) is 6.54 Å². The van der Waals surface area contributed by atoms with Gasteiger partial charge in [-0.2, -0.15) is 0 Å². The van der Waals surface area contributed by atoms with E-state index in [4.69, 9.17) is 11.6 Å². The van der Waals surface area contributed by atoms with Crippen molar-refractivity contribution in [2.75, 3.05) is 11.9 Å². The normalized spacial score (nSPS) is 10.1. The Labute approximate surface area is 112 Å². The van der Waals surface area contributed by atoms with E-state index < -0.39 is 0 Å². The summed E-state index contributed by atoms with van der Waals surface area (Å²) in [5.74, 6) is 0.0260. The highest BCUT2D eigenvalue weighted by atomic mass is 35.5. The maximum Gasteiger partial charge on any atom is 0.181 e. The molecule has 0 aromatic heterocycles. The summed E-state index contributed by atoms with van der Waals surface area (Å²) in [5, 5.41) is 3.68. The molecule has 0 spiro atoms. The highest BCUT2D eigenvalue weighted by Crippen LogP contribution is 2.12. The summed E-state index contributed by atoms with van der Waals surface area (Å²) >= 11 is 5.85. The Kier molecular flexibility index (Phi) is 4.00. The molecule has 18 heavy (non-hydrogen) atoms. The van der Waals surface area contributed by atoms with E-state index in [2.05, 4.69) is 5.32 Å². The van der Waals surface area contributed by atoms with E-state index in [1.165, 1.54) is 5.56 Å². The molecule has 1 N–H and O–H groups in total. The van der Waals surface area contributed by atoms with E-state index in [0.29, 0.717) is 10.6 Å². The molecule has 0 saturated heterocycles. The number of hydrogen-bond donors (Lipinski definition) is 1. The second-order valence-electron chi connectivity index (χ2n) is 4.15. The minimum absolute atomic E-state index is 0.0260. The van der Waals surface area contributed by atoms with Gasteiger partial charge >= 0.3 is 0 Å². The van der Waals surface area contributed by atoms with Crippen LogP contribution in [0, 0.1) is 6.92 Å². The first-order valence-electron chi connectivity index (χ1n) is 5.74. The number of rotatable bonds is 4. The fraction of sp³-hybridized carbons (Fsp3) is 0.133. The molecule has 0 fully saturated rings. The molecular formula is C15H14ClNO. The monoisotopic (exact) mass is 259 g/mol. The maximum atomic E-state index is 11.9. The van der Waals surface area contributed by atoms with Crippen LogP contribution in [0.4, 0.5) is 5.69 Å². The summed E-state index contributed by atoms with van der Waals surface area (Å²) in [6.07, 6.45) is 0. The van der Waals surface area contributed by atoms with Crippen LogP contribution in [-0.2, 0) is 0 Å². The van der Waals surface area contributed by atoms with Crippen molar-refractivity contribution in [3.8, 4) is 0 Å². The Balaban J connectivity index is 1.98. The van der Waals surface area contributed by atoms with Crippen LogP contribution >= 0.6 is 11.6 Å². The second-order valence-corrected chi connectivity index (χ2v) is 4.59. The third-order valence-electron chi connectivity index (χ3n) is 2.65. The molecule has 0 bridgehead atoms. The van der Waals surface area contributed by atoms with E-state index >= 15 is 0 Å². The van der Waals surface area contributed by atoms with Gasteiger partial charge in [0.25, 0.3) is 0 Å². The molecule has 0 aliphatic rings. The number of benzene rings is 2. The van der Waals surface area contributed by atoms with Gasteiger partial charge in [-0.05, 0) is 31.2 Å². The zero-order valence-corrected chi connectivity index (χ0v) is 10.9. The van der Waals surface area contributed by atoms with Gasteiger partial charge in [-0.3, -0.25) is 4.79 Å². The minimum Gasteiger partial charge on any atom is -0.378 e. The predicted octanol–water partition coefficient (Wildman–Crippen LogP) is 3.94. The number of anilines is 1. The van der Waals surface area contributed by atoms with Gasteiger partial charge in [-0.15, -0.1) is 0 Å². The Hall–Kier alpha value is -1.80. The van der Waals surface area contributed by atoms with E-state index in [9.17, 15) is 4.79 Å². The lowest BCUT2D eigenvalue weighted by Gasteiger charge is -2.06. The van der Waals surface area contributed by atoms with Gasteiger partial charge in [0.2, 0.25) is 0 Å². The van der Waals surface area contributed by atoms with Gasteiger partial charge in [-0.25, -0.2) is 0 Å². The molecule has 3 heteroatoms. The van der Waals surface area contributed by atoms with Crippen LogP contribution in [0.2, 0.25) is 5.02 Å². The van der Waals surface area contributed by atoms with E-state index in [-0.39, 0.29) is 12.3 Å². The first-order chi connectivity index (χ1) is 8.65. The molecule has 0 atom stereocenters. The molecule has 0 radical (unpaired) electrons. The fourth-order valence-corrected chi connectivity index (χ4v) is 1.81. The lowest BCUT2D eigenvalue weighted by Crippen LogP contribution is -2.13. The molecule has 2 aromatic carbocycles. The SMILES string of the molecule is Cc1ccc(NCC(=O)c2cccc(Cl)c2)cc1. The Morgan fingerprint density at radius 1 is 1.17 bits per heavy atom. The summed E-state index contributed by atoms with van der Waals surface area (Å²) < 4.78 is 0. The number of halogens is 1. The molecule has 2 rings (SSSR count). The van der Waals surface area contributed by atoms with Crippen molar-refractivity contribution < 1.29 is 4.79 Å². The van der Waals surface area contributed by atoms with Crippen molar-refractivity contribution in [3.63, 3.8) is 0 Å². The second kappa shape index (κ2) is 5.69. The number of nitrogens with one attached hydrogen (secondary N) is 1.